The minimum Gasteiger partial charge on any atom is -0.281 e. The maximum Gasteiger partial charge on any atom is 0.115 e. The highest BCUT2D eigenvalue weighted by Crippen LogP contribution is 2.41. The fourth-order valence-corrected chi connectivity index (χ4v) is 3.89. The highest BCUT2D eigenvalue weighted by Gasteiger charge is 2.37. The SMILES string of the molecule is C1=CC(c2ccccc2)(c2ccncn2)Cc2[nH]nc(-c3ccccc3)c21. The minimum atomic E-state index is -0.336. The van der Waals surface area contributed by atoms with Crippen molar-refractivity contribution in [1.82, 2.24) is 20.2 Å². The lowest BCUT2D eigenvalue weighted by atomic mass is 9.70. The molecule has 0 saturated heterocycles. The number of rotatable bonds is 3. The third-order valence-corrected chi connectivity index (χ3v) is 5.25. The van der Waals surface area contributed by atoms with Gasteiger partial charge in [0, 0.05) is 29.4 Å². The summed E-state index contributed by atoms with van der Waals surface area (Å²) in [6.45, 7) is 0. The molecule has 2 aromatic carbocycles. The molecule has 0 bridgehead atoms. The van der Waals surface area contributed by atoms with E-state index in [-0.39, 0.29) is 5.41 Å². The number of aromatic amines is 1. The number of benzene rings is 2. The molecule has 1 unspecified atom stereocenters. The van der Waals surface area contributed by atoms with Crippen LogP contribution >= 0.6 is 0 Å². The van der Waals surface area contributed by atoms with Gasteiger partial charge in [0.15, 0.2) is 0 Å². The van der Waals surface area contributed by atoms with Crippen molar-refractivity contribution in [3.63, 3.8) is 0 Å². The van der Waals surface area contributed by atoms with Gasteiger partial charge in [-0.1, -0.05) is 72.8 Å². The summed E-state index contributed by atoms with van der Waals surface area (Å²) in [5.74, 6) is 0. The number of nitrogens with one attached hydrogen (secondary N) is 1. The van der Waals surface area contributed by atoms with Crippen LogP contribution in [0.15, 0.2) is 85.3 Å². The highest BCUT2D eigenvalue weighted by molar-refractivity contribution is 5.76. The normalized spacial score (nSPS) is 18.2. The summed E-state index contributed by atoms with van der Waals surface area (Å²) in [5.41, 5.74) is 6.25. The molecular weight excluding hydrogens is 332 g/mol. The molecule has 0 amide bonds. The number of hydrogen-bond donors (Lipinski definition) is 1. The van der Waals surface area contributed by atoms with Gasteiger partial charge in [-0.2, -0.15) is 5.10 Å². The van der Waals surface area contributed by atoms with Crippen molar-refractivity contribution in [2.75, 3.05) is 0 Å². The average Bonchev–Trinajstić information content (AvgIpc) is 3.18. The van der Waals surface area contributed by atoms with E-state index in [1.54, 1.807) is 12.5 Å². The molecule has 1 aliphatic rings. The van der Waals surface area contributed by atoms with Crippen LogP contribution in [0.5, 0.6) is 0 Å². The van der Waals surface area contributed by atoms with Crippen molar-refractivity contribution in [2.24, 2.45) is 0 Å². The smallest absolute Gasteiger partial charge is 0.115 e. The van der Waals surface area contributed by atoms with E-state index in [1.165, 1.54) is 5.56 Å². The molecule has 2 aromatic heterocycles. The molecule has 0 spiro atoms. The van der Waals surface area contributed by atoms with E-state index in [2.05, 4.69) is 68.7 Å². The monoisotopic (exact) mass is 350 g/mol. The van der Waals surface area contributed by atoms with Crippen molar-refractivity contribution in [3.05, 3.63) is 108 Å². The predicted molar refractivity (Wildman–Crippen MR) is 106 cm³/mol. The fraction of sp³-hybridized carbons (Fsp3) is 0.0870. The Bertz CT molecular complexity index is 1040. The molecular formula is C23H18N4. The Labute approximate surface area is 157 Å². The molecule has 27 heavy (non-hydrogen) atoms. The van der Waals surface area contributed by atoms with Crippen LogP contribution in [0.25, 0.3) is 17.3 Å². The van der Waals surface area contributed by atoms with Crippen LogP contribution in [-0.4, -0.2) is 20.2 Å². The molecule has 5 rings (SSSR count). The van der Waals surface area contributed by atoms with E-state index in [1.807, 2.05) is 30.3 Å². The van der Waals surface area contributed by atoms with E-state index >= 15 is 0 Å². The maximum atomic E-state index is 4.61. The number of fused-ring (bicyclic) bond motifs is 1. The predicted octanol–water partition coefficient (Wildman–Crippen LogP) is 4.42. The van der Waals surface area contributed by atoms with Crippen molar-refractivity contribution in [2.45, 2.75) is 11.8 Å². The fourth-order valence-electron chi connectivity index (χ4n) is 3.89. The summed E-state index contributed by atoms with van der Waals surface area (Å²) in [7, 11) is 0. The molecule has 0 saturated carbocycles. The van der Waals surface area contributed by atoms with Crippen LogP contribution in [0.3, 0.4) is 0 Å². The summed E-state index contributed by atoms with van der Waals surface area (Å²) in [6.07, 6.45) is 8.64. The van der Waals surface area contributed by atoms with Gasteiger partial charge in [0.1, 0.15) is 6.33 Å². The van der Waals surface area contributed by atoms with E-state index in [9.17, 15) is 0 Å². The van der Waals surface area contributed by atoms with Gasteiger partial charge < -0.3 is 0 Å². The average molecular weight is 350 g/mol. The molecule has 0 aliphatic heterocycles. The molecule has 2 heterocycles. The number of nitrogens with zero attached hydrogens (tertiary/aromatic N) is 3. The first-order chi connectivity index (χ1) is 13.4. The highest BCUT2D eigenvalue weighted by atomic mass is 15.1. The van der Waals surface area contributed by atoms with Gasteiger partial charge >= 0.3 is 0 Å². The molecule has 1 N–H and O–H groups in total. The zero-order valence-corrected chi connectivity index (χ0v) is 14.7. The van der Waals surface area contributed by atoms with Gasteiger partial charge in [0.05, 0.1) is 16.8 Å². The Kier molecular flexibility index (Phi) is 3.68. The van der Waals surface area contributed by atoms with Gasteiger partial charge in [-0.25, -0.2) is 9.97 Å². The van der Waals surface area contributed by atoms with Crippen LogP contribution in [-0.2, 0) is 11.8 Å². The zero-order chi connectivity index (χ0) is 18.1. The molecule has 0 fully saturated rings. The first-order valence-corrected chi connectivity index (χ1v) is 9.01. The van der Waals surface area contributed by atoms with Gasteiger partial charge in [-0.05, 0) is 11.6 Å². The Morgan fingerprint density at radius 3 is 2.41 bits per heavy atom. The number of hydrogen-bond acceptors (Lipinski definition) is 3. The van der Waals surface area contributed by atoms with E-state index < -0.39 is 0 Å². The third kappa shape index (κ3) is 2.57. The summed E-state index contributed by atoms with van der Waals surface area (Å²) >= 11 is 0. The molecule has 1 aliphatic carbocycles. The second-order valence-electron chi connectivity index (χ2n) is 6.77. The second kappa shape index (κ2) is 6.32. The van der Waals surface area contributed by atoms with Crippen LogP contribution < -0.4 is 0 Å². The van der Waals surface area contributed by atoms with Crippen molar-refractivity contribution >= 4 is 6.08 Å². The molecule has 4 nitrogen and oxygen atoms in total. The van der Waals surface area contributed by atoms with Crippen molar-refractivity contribution in [3.8, 4) is 11.3 Å². The summed E-state index contributed by atoms with van der Waals surface area (Å²) in [4.78, 5) is 8.69. The quantitative estimate of drug-likeness (QED) is 0.595. The zero-order valence-electron chi connectivity index (χ0n) is 14.7. The Hall–Kier alpha value is -3.53. The molecule has 4 aromatic rings. The second-order valence-corrected chi connectivity index (χ2v) is 6.77. The lowest BCUT2D eigenvalue weighted by Crippen LogP contribution is -2.31. The number of H-pyrrole nitrogens is 1. The summed E-state index contributed by atoms with van der Waals surface area (Å²) in [6, 6.07) is 22.8. The van der Waals surface area contributed by atoms with Crippen LogP contribution in [0.1, 0.15) is 22.5 Å². The largest absolute Gasteiger partial charge is 0.281 e. The standard InChI is InChI=1S/C23H18N4/c1-3-7-17(8-4-1)22-19-11-13-23(15-20(19)26-27-22,18-9-5-2-6-10-18)21-12-14-24-16-25-21/h1-14,16H,15H2,(H,26,27). The number of aromatic nitrogens is 4. The van der Waals surface area contributed by atoms with Crippen molar-refractivity contribution < 1.29 is 0 Å². The lowest BCUT2D eigenvalue weighted by molar-refractivity contribution is 0.598. The minimum absolute atomic E-state index is 0.336. The van der Waals surface area contributed by atoms with Gasteiger partial charge in [-0.3, -0.25) is 5.10 Å². The van der Waals surface area contributed by atoms with E-state index in [4.69, 9.17) is 0 Å². The maximum absolute atomic E-state index is 4.61. The Balaban J connectivity index is 1.66. The van der Waals surface area contributed by atoms with Crippen LogP contribution in [0, 0.1) is 0 Å². The van der Waals surface area contributed by atoms with Crippen molar-refractivity contribution in [1.29, 1.82) is 0 Å². The molecule has 0 radical (unpaired) electrons. The molecule has 4 heteroatoms. The first kappa shape index (κ1) is 15.7. The Morgan fingerprint density at radius 2 is 1.67 bits per heavy atom. The van der Waals surface area contributed by atoms with Crippen LogP contribution in [0.4, 0.5) is 0 Å². The van der Waals surface area contributed by atoms with E-state index in [0.717, 1.165) is 34.6 Å². The van der Waals surface area contributed by atoms with E-state index in [0.29, 0.717) is 0 Å². The third-order valence-electron chi connectivity index (χ3n) is 5.25. The summed E-state index contributed by atoms with van der Waals surface area (Å²) < 4.78 is 0. The first-order valence-electron chi connectivity index (χ1n) is 9.01. The summed E-state index contributed by atoms with van der Waals surface area (Å²) in [5, 5.41) is 7.89. The molecule has 1 atom stereocenters. The Morgan fingerprint density at radius 1 is 0.889 bits per heavy atom. The topological polar surface area (TPSA) is 54.5 Å². The van der Waals surface area contributed by atoms with Crippen LogP contribution in [0.2, 0.25) is 0 Å². The van der Waals surface area contributed by atoms with Gasteiger partial charge in [-0.15, -0.1) is 0 Å². The lowest BCUT2D eigenvalue weighted by Gasteiger charge is -2.33. The number of allylic oxidation sites excluding steroid dienone is 1. The van der Waals surface area contributed by atoms with Gasteiger partial charge in [0.2, 0.25) is 0 Å². The van der Waals surface area contributed by atoms with Gasteiger partial charge in [0.25, 0.3) is 0 Å². The molecule has 130 valence electrons.